The van der Waals surface area contributed by atoms with E-state index in [0.717, 1.165) is 35.4 Å². The van der Waals surface area contributed by atoms with Crippen LogP contribution in [-0.4, -0.2) is 16.8 Å². The van der Waals surface area contributed by atoms with Crippen LogP contribution in [0.2, 0.25) is 0 Å². The molecule has 2 N–H and O–H groups in total. The van der Waals surface area contributed by atoms with Crippen LogP contribution in [0.15, 0.2) is 76.5 Å². The Balaban J connectivity index is 1.96. The van der Waals surface area contributed by atoms with Crippen molar-refractivity contribution in [1.82, 2.24) is 0 Å². The van der Waals surface area contributed by atoms with Gasteiger partial charge in [0.05, 0.1) is 21.2 Å². The van der Waals surface area contributed by atoms with Gasteiger partial charge in [-0.3, -0.25) is 9.44 Å². The molecule has 0 aliphatic heterocycles. The molecule has 0 fully saturated rings. The van der Waals surface area contributed by atoms with E-state index in [0.29, 0.717) is 0 Å². The summed E-state index contributed by atoms with van der Waals surface area (Å²) >= 11 is 0. The van der Waals surface area contributed by atoms with Gasteiger partial charge in [-0.1, -0.05) is 23.8 Å². The number of benzene rings is 3. The number of rotatable bonds is 6. The minimum absolute atomic E-state index is 0.0519. The van der Waals surface area contributed by atoms with Crippen LogP contribution in [0.1, 0.15) is 11.1 Å². The van der Waals surface area contributed by atoms with E-state index in [2.05, 4.69) is 9.44 Å². The quantitative estimate of drug-likeness (QED) is 0.612. The van der Waals surface area contributed by atoms with Gasteiger partial charge in [0.1, 0.15) is 5.82 Å². The van der Waals surface area contributed by atoms with Crippen molar-refractivity contribution in [2.45, 2.75) is 23.6 Å². The van der Waals surface area contributed by atoms with Crippen molar-refractivity contribution in [1.29, 1.82) is 0 Å². The van der Waals surface area contributed by atoms with Crippen LogP contribution in [0.4, 0.5) is 15.8 Å². The molecule has 0 aromatic heterocycles. The lowest BCUT2D eigenvalue weighted by atomic mass is 10.2. The molecule has 0 aliphatic carbocycles. The van der Waals surface area contributed by atoms with E-state index < -0.39 is 25.9 Å². The normalized spacial score (nSPS) is 11.8. The summed E-state index contributed by atoms with van der Waals surface area (Å²) in [6.07, 6.45) is 0. The fraction of sp³-hybridized carbons (Fsp3) is 0.100. The smallest absolute Gasteiger partial charge is 0.261 e. The average Bonchev–Trinajstić information content (AvgIpc) is 2.64. The molecule has 9 heteroatoms. The van der Waals surface area contributed by atoms with E-state index in [1.54, 1.807) is 25.1 Å². The van der Waals surface area contributed by atoms with E-state index in [4.69, 9.17) is 0 Å². The lowest BCUT2D eigenvalue weighted by Crippen LogP contribution is -2.17. The van der Waals surface area contributed by atoms with Crippen molar-refractivity contribution in [3.63, 3.8) is 0 Å². The zero-order valence-corrected chi connectivity index (χ0v) is 17.3. The van der Waals surface area contributed by atoms with Crippen LogP contribution in [0.3, 0.4) is 0 Å². The second-order valence-electron chi connectivity index (χ2n) is 6.53. The second kappa shape index (κ2) is 7.84. The molecule has 152 valence electrons. The molecule has 0 radical (unpaired) electrons. The Bertz CT molecular complexity index is 1240. The standard InChI is InChI=1S/C20H19FN2O4S2/c1-14-3-8-17(9-4-14)28(24,25)22-19-12-5-15(2)13-20(19)23-29(26,27)18-10-6-16(21)7-11-18/h3-13,22-23H,1-2H3. The molecule has 3 aromatic rings. The summed E-state index contributed by atoms with van der Waals surface area (Å²) in [6.45, 7) is 3.58. The van der Waals surface area contributed by atoms with Gasteiger partial charge in [0.2, 0.25) is 0 Å². The first-order chi connectivity index (χ1) is 13.6. The van der Waals surface area contributed by atoms with E-state index in [-0.39, 0.29) is 21.2 Å². The van der Waals surface area contributed by atoms with Crippen LogP contribution in [0.25, 0.3) is 0 Å². The van der Waals surface area contributed by atoms with Crippen molar-refractivity contribution in [3.05, 3.63) is 83.7 Å². The van der Waals surface area contributed by atoms with Gasteiger partial charge in [0, 0.05) is 0 Å². The molecule has 6 nitrogen and oxygen atoms in total. The van der Waals surface area contributed by atoms with Crippen molar-refractivity contribution < 1.29 is 21.2 Å². The first kappa shape index (κ1) is 20.8. The summed E-state index contributed by atoms with van der Waals surface area (Å²) in [4.78, 5) is -0.0937. The molecule has 0 aliphatic rings. The molecule has 3 aromatic carbocycles. The zero-order valence-electron chi connectivity index (χ0n) is 15.7. The fourth-order valence-corrected chi connectivity index (χ4v) is 4.72. The van der Waals surface area contributed by atoms with Crippen molar-refractivity contribution in [2.24, 2.45) is 0 Å². The molecule has 0 atom stereocenters. The highest BCUT2D eigenvalue weighted by Crippen LogP contribution is 2.28. The van der Waals surface area contributed by atoms with Gasteiger partial charge < -0.3 is 0 Å². The number of hydrogen-bond donors (Lipinski definition) is 2. The van der Waals surface area contributed by atoms with Gasteiger partial charge in [-0.25, -0.2) is 21.2 Å². The van der Waals surface area contributed by atoms with Crippen molar-refractivity contribution >= 4 is 31.4 Å². The Morgan fingerprint density at radius 2 is 1.07 bits per heavy atom. The first-order valence-electron chi connectivity index (χ1n) is 8.55. The predicted molar refractivity (Wildman–Crippen MR) is 110 cm³/mol. The van der Waals surface area contributed by atoms with E-state index in [9.17, 15) is 21.2 Å². The lowest BCUT2D eigenvalue weighted by Gasteiger charge is -2.15. The third kappa shape index (κ3) is 4.93. The molecule has 3 rings (SSSR count). The van der Waals surface area contributed by atoms with Crippen LogP contribution in [0.5, 0.6) is 0 Å². The van der Waals surface area contributed by atoms with Crippen LogP contribution >= 0.6 is 0 Å². The van der Waals surface area contributed by atoms with Crippen molar-refractivity contribution in [2.75, 3.05) is 9.44 Å². The molecule has 0 bridgehead atoms. The molecule has 0 saturated carbocycles. The van der Waals surface area contributed by atoms with E-state index in [1.165, 1.54) is 24.3 Å². The monoisotopic (exact) mass is 434 g/mol. The predicted octanol–water partition coefficient (Wildman–Crippen LogP) is 4.04. The number of aryl methyl sites for hydroxylation is 2. The van der Waals surface area contributed by atoms with E-state index >= 15 is 0 Å². The summed E-state index contributed by atoms with van der Waals surface area (Å²) in [5.74, 6) is -0.564. The average molecular weight is 435 g/mol. The maximum Gasteiger partial charge on any atom is 0.261 e. The number of hydrogen-bond acceptors (Lipinski definition) is 4. The van der Waals surface area contributed by atoms with Gasteiger partial charge in [-0.2, -0.15) is 0 Å². The molecule has 0 amide bonds. The van der Waals surface area contributed by atoms with Crippen LogP contribution in [0, 0.1) is 19.7 Å². The maximum atomic E-state index is 13.1. The Morgan fingerprint density at radius 1 is 0.621 bits per heavy atom. The van der Waals surface area contributed by atoms with Gasteiger partial charge in [0.15, 0.2) is 0 Å². The maximum absolute atomic E-state index is 13.1. The highest BCUT2D eigenvalue weighted by atomic mass is 32.2. The summed E-state index contributed by atoms with van der Waals surface area (Å²) in [5.41, 5.74) is 1.76. The minimum atomic E-state index is -4.05. The fourth-order valence-electron chi connectivity index (χ4n) is 2.57. The SMILES string of the molecule is Cc1ccc(S(=O)(=O)Nc2ccc(C)cc2NS(=O)(=O)c2ccc(F)cc2)cc1. The minimum Gasteiger partial charge on any atom is -0.277 e. The zero-order chi connectivity index (χ0) is 21.2. The summed E-state index contributed by atoms with van der Waals surface area (Å²) in [5, 5.41) is 0. The van der Waals surface area contributed by atoms with Gasteiger partial charge in [-0.05, 0) is 67.9 Å². The van der Waals surface area contributed by atoms with E-state index in [1.807, 2.05) is 6.92 Å². The number of sulfonamides is 2. The van der Waals surface area contributed by atoms with Gasteiger partial charge in [0.25, 0.3) is 20.0 Å². The molecule has 0 heterocycles. The Hall–Kier alpha value is -2.91. The summed E-state index contributed by atoms with van der Waals surface area (Å²) in [7, 11) is -7.97. The summed E-state index contributed by atoms with van der Waals surface area (Å²) in [6, 6.07) is 15.2. The van der Waals surface area contributed by atoms with Crippen LogP contribution < -0.4 is 9.44 Å². The molecular formula is C20H19FN2O4S2. The number of nitrogens with one attached hydrogen (secondary N) is 2. The van der Waals surface area contributed by atoms with Crippen molar-refractivity contribution in [3.8, 4) is 0 Å². The Kier molecular flexibility index (Phi) is 5.63. The summed E-state index contributed by atoms with van der Waals surface area (Å²) < 4.78 is 68.6. The molecular weight excluding hydrogens is 415 g/mol. The number of anilines is 2. The lowest BCUT2D eigenvalue weighted by molar-refractivity contribution is 0.598. The highest BCUT2D eigenvalue weighted by Gasteiger charge is 2.20. The Labute approximate surface area is 169 Å². The highest BCUT2D eigenvalue weighted by molar-refractivity contribution is 7.93. The topological polar surface area (TPSA) is 92.3 Å². The molecule has 29 heavy (non-hydrogen) atoms. The molecule has 0 saturated heterocycles. The largest absolute Gasteiger partial charge is 0.277 e. The first-order valence-corrected chi connectivity index (χ1v) is 11.5. The van der Waals surface area contributed by atoms with Gasteiger partial charge >= 0.3 is 0 Å². The van der Waals surface area contributed by atoms with Gasteiger partial charge in [-0.15, -0.1) is 0 Å². The second-order valence-corrected chi connectivity index (χ2v) is 9.89. The number of halogens is 1. The third-order valence-electron chi connectivity index (χ3n) is 4.12. The van der Waals surface area contributed by atoms with Crippen LogP contribution in [-0.2, 0) is 20.0 Å². The molecule has 0 unspecified atom stereocenters. The Morgan fingerprint density at radius 3 is 1.62 bits per heavy atom. The third-order valence-corrected chi connectivity index (χ3v) is 6.88. The molecule has 0 spiro atoms.